The number of anilines is 2. The van der Waals surface area contributed by atoms with E-state index in [0.717, 1.165) is 54.2 Å². The van der Waals surface area contributed by atoms with Crippen molar-refractivity contribution in [3.05, 3.63) is 35.7 Å². The monoisotopic (exact) mass is 479 g/mol. The predicted molar refractivity (Wildman–Crippen MR) is 132 cm³/mol. The quantitative estimate of drug-likeness (QED) is 0.553. The van der Waals surface area contributed by atoms with E-state index in [-0.39, 0.29) is 11.9 Å². The van der Waals surface area contributed by atoms with Gasteiger partial charge in [0.2, 0.25) is 16.8 Å². The number of likely N-dealkylation sites (tertiary alicyclic amines) is 1. The summed E-state index contributed by atoms with van der Waals surface area (Å²) in [5, 5.41) is 12.5. The molecule has 1 aromatic carbocycles. The third-order valence-corrected chi connectivity index (χ3v) is 8.77. The maximum atomic E-state index is 12.7. The molecule has 0 spiro atoms. The molecule has 2 aromatic heterocycles. The van der Waals surface area contributed by atoms with Crippen molar-refractivity contribution in [3.8, 4) is 0 Å². The van der Waals surface area contributed by atoms with Crippen molar-refractivity contribution < 1.29 is 9.35 Å². The SMILES string of the molecule is CN1C[C@@H](Nc2nc(N3CCC(c4n[nH]c5ccccc45)CC3)nc3c2[S+]([O-])CC3)CCC1=O. The van der Waals surface area contributed by atoms with E-state index in [0.29, 0.717) is 42.8 Å². The van der Waals surface area contributed by atoms with Crippen LogP contribution >= 0.6 is 0 Å². The molecule has 2 N–H and O–H groups in total. The molecule has 3 aliphatic heterocycles. The van der Waals surface area contributed by atoms with Gasteiger partial charge < -0.3 is 19.7 Å². The molecule has 5 heterocycles. The molecule has 2 atom stereocenters. The van der Waals surface area contributed by atoms with Crippen molar-refractivity contribution in [2.45, 2.75) is 49.0 Å². The van der Waals surface area contributed by atoms with Gasteiger partial charge in [-0.05, 0) is 36.5 Å². The number of carbonyl (C=O) groups is 1. The molecule has 34 heavy (non-hydrogen) atoms. The lowest BCUT2D eigenvalue weighted by atomic mass is 9.92. The van der Waals surface area contributed by atoms with E-state index in [1.54, 1.807) is 4.90 Å². The molecule has 6 rings (SSSR count). The summed E-state index contributed by atoms with van der Waals surface area (Å²) in [7, 11) is 1.83. The molecule has 10 heteroatoms. The molecule has 0 aliphatic carbocycles. The molecule has 9 nitrogen and oxygen atoms in total. The number of likely N-dealkylation sites (N-methyl/N-ethyl adjacent to an activating group) is 1. The Balaban J connectivity index is 1.21. The van der Waals surface area contributed by atoms with Crippen LogP contribution in [0.3, 0.4) is 0 Å². The number of nitrogens with one attached hydrogen (secondary N) is 2. The standard InChI is InChI=1S/C24H29N7O2S/c1-30-14-16(6-7-20(30)32)25-23-22-19(10-13-34(22)33)26-24(27-23)31-11-8-15(9-12-31)21-17-4-2-3-5-18(17)28-29-21/h2-5,15-16H,6-14H2,1H3,(H,28,29)(H,25,26,27)/t16-,34?/m0/s1. The zero-order valence-corrected chi connectivity index (χ0v) is 20.1. The van der Waals surface area contributed by atoms with Gasteiger partial charge in [-0.1, -0.05) is 18.2 Å². The Morgan fingerprint density at radius 1 is 1.15 bits per heavy atom. The van der Waals surface area contributed by atoms with E-state index >= 15 is 0 Å². The van der Waals surface area contributed by atoms with E-state index < -0.39 is 11.2 Å². The van der Waals surface area contributed by atoms with Crippen LogP contribution in [-0.4, -0.2) is 74.0 Å². The number of aromatic nitrogens is 4. The highest BCUT2D eigenvalue weighted by Gasteiger charge is 2.35. The van der Waals surface area contributed by atoms with Crippen LogP contribution in [0.15, 0.2) is 29.2 Å². The van der Waals surface area contributed by atoms with E-state index in [1.807, 2.05) is 13.1 Å². The summed E-state index contributed by atoms with van der Waals surface area (Å²) in [6, 6.07) is 8.40. The summed E-state index contributed by atoms with van der Waals surface area (Å²) in [4.78, 5) is 26.4. The first-order chi connectivity index (χ1) is 16.6. The number of aromatic amines is 1. The highest BCUT2D eigenvalue weighted by atomic mass is 32.2. The number of aryl methyl sites for hydroxylation is 1. The van der Waals surface area contributed by atoms with E-state index in [1.165, 1.54) is 5.39 Å². The molecule has 1 unspecified atom stereocenters. The van der Waals surface area contributed by atoms with Crippen LogP contribution in [0.25, 0.3) is 10.9 Å². The predicted octanol–water partition coefficient (Wildman–Crippen LogP) is 2.43. The van der Waals surface area contributed by atoms with Crippen LogP contribution in [0, 0.1) is 0 Å². The third-order valence-electron chi connectivity index (χ3n) is 7.31. The second kappa shape index (κ2) is 8.74. The Labute approximate surface area is 201 Å². The van der Waals surface area contributed by atoms with Crippen molar-refractivity contribution >= 4 is 39.8 Å². The van der Waals surface area contributed by atoms with Crippen LogP contribution in [0.4, 0.5) is 11.8 Å². The van der Waals surface area contributed by atoms with Crippen LogP contribution in [-0.2, 0) is 22.4 Å². The maximum Gasteiger partial charge on any atom is 0.227 e. The Morgan fingerprint density at radius 2 is 1.97 bits per heavy atom. The van der Waals surface area contributed by atoms with Crippen molar-refractivity contribution in [1.29, 1.82) is 0 Å². The molecule has 178 valence electrons. The van der Waals surface area contributed by atoms with Gasteiger partial charge in [0.05, 0.1) is 11.2 Å². The Hall–Kier alpha value is -2.85. The number of hydrogen-bond donors (Lipinski definition) is 2. The second-order valence-electron chi connectivity index (χ2n) is 9.52. The van der Waals surface area contributed by atoms with Crippen LogP contribution in [0.1, 0.15) is 43.0 Å². The minimum absolute atomic E-state index is 0.103. The summed E-state index contributed by atoms with van der Waals surface area (Å²) in [5.41, 5.74) is 3.13. The first-order valence-electron chi connectivity index (χ1n) is 12.0. The lowest BCUT2D eigenvalue weighted by molar-refractivity contribution is -0.132. The first-order valence-corrected chi connectivity index (χ1v) is 13.4. The topological polar surface area (TPSA) is 113 Å². The number of nitrogens with zero attached hydrogens (tertiary/aromatic N) is 5. The number of amides is 1. The first kappa shape index (κ1) is 21.7. The van der Waals surface area contributed by atoms with Gasteiger partial charge in [-0.3, -0.25) is 9.89 Å². The smallest absolute Gasteiger partial charge is 0.227 e. The lowest BCUT2D eigenvalue weighted by Crippen LogP contribution is -2.43. The van der Waals surface area contributed by atoms with Gasteiger partial charge >= 0.3 is 0 Å². The second-order valence-corrected chi connectivity index (χ2v) is 11.0. The number of carbonyl (C=O) groups excluding carboxylic acids is 1. The highest BCUT2D eigenvalue weighted by Crippen LogP contribution is 2.36. The van der Waals surface area contributed by atoms with Gasteiger partial charge in [0.1, 0.15) is 11.4 Å². The molecule has 3 aromatic rings. The van der Waals surface area contributed by atoms with Crippen LogP contribution in [0.2, 0.25) is 0 Å². The van der Waals surface area contributed by atoms with Gasteiger partial charge in [0, 0.05) is 56.9 Å². The van der Waals surface area contributed by atoms with Gasteiger partial charge in [-0.15, -0.1) is 0 Å². The number of rotatable bonds is 4. The van der Waals surface area contributed by atoms with Crippen molar-refractivity contribution in [2.24, 2.45) is 0 Å². The summed E-state index contributed by atoms with van der Waals surface area (Å²) < 4.78 is 12.7. The van der Waals surface area contributed by atoms with Gasteiger partial charge in [-0.2, -0.15) is 10.1 Å². The van der Waals surface area contributed by atoms with Crippen LogP contribution in [0.5, 0.6) is 0 Å². The Bertz CT molecular complexity index is 1220. The molecule has 1 amide bonds. The molecule has 0 saturated carbocycles. The number of hydrogen-bond acceptors (Lipinski definition) is 7. The Kier molecular flexibility index (Phi) is 5.57. The summed E-state index contributed by atoms with van der Waals surface area (Å²) in [6.45, 7) is 2.34. The molecule has 3 aliphatic rings. The average Bonchev–Trinajstić information content (AvgIpc) is 3.45. The van der Waals surface area contributed by atoms with Gasteiger partial charge in [0.15, 0.2) is 5.82 Å². The van der Waals surface area contributed by atoms with Crippen molar-refractivity contribution in [3.63, 3.8) is 0 Å². The zero-order valence-electron chi connectivity index (χ0n) is 19.3. The fourth-order valence-electron chi connectivity index (χ4n) is 5.40. The number of para-hydroxylation sites is 1. The summed E-state index contributed by atoms with van der Waals surface area (Å²) in [5.74, 6) is 2.57. The normalized spacial score (nSPS) is 23.5. The molecular weight excluding hydrogens is 450 g/mol. The fraction of sp³-hybridized carbons (Fsp3) is 0.500. The van der Waals surface area contributed by atoms with Crippen LogP contribution < -0.4 is 10.2 Å². The number of benzene rings is 1. The number of H-pyrrole nitrogens is 1. The molecule has 2 fully saturated rings. The molecule has 2 saturated heterocycles. The zero-order chi connectivity index (χ0) is 23.2. The lowest BCUT2D eigenvalue weighted by Gasteiger charge is -2.33. The molecule has 0 bridgehead atoms. The molecule has 0 radical (unpaired) electrons. The minimum atomic E-state index is -1.08. The van der Waals surface area contributed by atoms with E-state index in [4.69, 9.17) is 9.97 Å². The Morgan fingerprint density at radius 3 is 2.79 bits per heavy atom. The maximum absolute atomic E-state index is 12.7. The largest absolute Gasteiger partial charge is 0.611 e. The highest BCUT2D eigenvalue weighted by molar-refractivity contribution is 7.91. The van der Waals surface area contributed by atoms with Crippen molar-refractivity contribution in [2.75, 3.05) is 42.7 Å². The minimum Gasteiger partial charge on any atom is -0.611 e. The molecular formula is C24H29N7O2S. The number of piperidine rings is 2. The van der Waals surface area contributed by atoms with E-state index in [9.17, 15) is 9.35 Å². The van der Waals surface area contributed by atoms with Gasteiger partial charge in [0.25, 0.3) is 0 Å². The fourth-order valence-corrected chi connectivity index (χ4v) is 6.71. The van der Waals surface area contributed by atoms with E-state index in [2.05, 4.69) is 38.6 Å². The third kappa shape index (κ3) is 3.88. The summed E-state index contributed by atoms with van der Waals surface area (Å²) in [6.07, 6.45) is 3.96. The van der Waals surface area contributed by atoms with Crippen molar-refractivity contribution in [1.82, 2.24) is 25.1 Å². The number of fused-ring (bicyclic) bond motifs is 2. The average molecular weight is 480 g/mol. The summed E-state index contributed by atoms with van der Waals surface area (Å²) >= 11 is -1.08. The van der Waals surface area contributed by atoms with Gasteiger partial charge in [-0.25, -0.2) is 4.98 Å².